The average Bonchev–Trinajstić information content (AvgIpc) is 2.41. The summed E-state index contributed by atoms with van der Waals surface area (Å²) in [4.78, 5) is 23.2. The summed E-state index contributed by atoms with van der Waals surface area (Å²) in [5.41, 5.74) is 1.20. The minimum Gasteiger partial charge on any atom is -0.506 e. The number of benzene rings is 2. The van der Waals surface area contributed by atoms with Crippen LogP contribution in [0.25, 0.3) is 0 Å². The Morgan fingerprint density at radius 3 is 2.32 bits per heavy atom. The molecule has 2 aromatic carbocycles. The van der Waals surface area contributed by atoms with Crippen LogP contribution in [0.15, 0.2) is 48.5 Å². The van der Waals surface area contributed by atoms with Gasteiger partial charge < -0.3 is 10.4 Å². The number of rotatable bonds is 3. The fourth-order valence-corrected chi connectivity index (χ4v) is 1.72. The molecule has 0 radical (unpaired) electrons. The Morgan fingerprint density at radius 1 is 1.00 bits per heavy atom. The van der Waals surface area contributed by atoms with E-state index in [-0.39, 0.29) is 23.1 Å². The van der Waals surface area contributed by atoms with E-state index in [4.69, 9.17) is 0 Å². The number of carbonyl (C=O) groups excluding carboxylic acids is 2. The zero-order valence-corrected chi connectivity index (χ0v) is 10.4. The zero-order chi connectivity index (χ0) is 13.8. The highest BCUT2D eigenvalue weighted by Crippen LogP contribution is 2.25. The first-order chi connectivity index (χ1) is 9.08. The predicted octanol–water partition coefficient (Wildman–Crippen LogP) is 2.58. The quantitative estimate of drug-likeness (QED) is 0.654. The number of hydrogen-bond acceptors (Lipinski definition) is 3. The number of aromatic hydroxyl groups is 1. The van der Waals surface area contributed by atoms with Crippen molar-refractivity contribution < 1.29 is 14.7 Å². The Bertz CT molecular complexity index is 621. The number of hydrogen-bond donors (Lipinski definition) is 2. The highest BCUT2D eigenvalue weighted by atomic mass is 16.3. The van der Waals surface area contributed by atoms with Crippen LogP contribution >= 0.6 is 0 Å². The molecule has 0 fully saturated rings. The third kappa shape index (κ3) is 2.98. The lowest BCUT2D eigenvalue weighted by atomic mass is 10.0. The van der Waals surface area contributed by atoms with Gasteiger partial charge in [0.2, 0.25) is 5.91 Å². The summed E-state index contributed by atoms with van der Waals surface area (Å²) in [7, 11) is 0. The highest BCUT2D eigenvalue weighted by molar-refractivity contribution is 6.10. The Balaban J connectivity index is 2.36. The van der Waals surface area contributed by atoms with E-state index < -0.39 is 0 Å². The van der Waals surface area contributed by atoms with E-state index in [1.54, 1.807) is 24.3 Å². The van der Waals surface area contributed by atoms with Crippen molar-refractivity contribution in [2.45, 2.75) is 6.92 Å². The number of carbonyl (C=O) groups is 2. The molecule has 2 aromatic rings. The number of phenols is 1. The third-order valence-electron chi connectivity index (χ3n) is 2.61. The van der Waals surface area contributed by atoms with Crippen LogP contribution in [0.2, 0.25) is 0 Å². The summed E-state index contributed by atoms with van der Waals surface area (Å²) >= 11 is 0. The molecule has 4 heteroatoms. The number of nitrogens with one attached hydrogen (secondary N) is 1. The molecule has 0 aromatic heterocycles. The Labute approximate surface area is 110 Å². The third-order valence-corrected chi connectivity index (χ3v) is 2.61. The molecule has 0 atom stereocenters. The van der Waals surface area contributed by atoms with E-state index in [1.807, 2.05) is 6.07 Å². The molecule has 4 nitrogen and oxygen atoms in total. The van der Waals surface area contributed by atoms with E-state index in [0.717, 1.165) is 0 Å². The smallest absolute Gasteiger partial charge is 0.221 e. The molecule has 0 bridgehead atoms. The second-order valence-corrected chi connectivity index (χ2v) is 4.11. The van der Waals surface area contributed by atoms with Crippen LogP contribution in [-0.2, 0) is 4.79 Å². The maximum Gasteiger partial charge on any atom is 0.221 e. The summed E-state index contributed by atoms with van der Waals surface area (Å²) in [6.07, 6.45) is 0. The van der Waals surface area contributed by atoms with E-state index >= 15 is 0 Å². The molecule has 96 valence electrons. The first-order valence-corrected chi connectivity index (χ1v) is 5.78. The van der Waals surface area contributed by atoms with Gasteiger partial charge in [0.15, 0.2) is 5.78 Å². The van der Waals surface area contributed by atoms with Crippen LogP contribution < -0.4 is 5.32 Å². The van der Waals surface area contributed by atoms with E-state index in [9.17, 15) is 14.7 Å². The fourth-order valence-electron chi connectivity index (χ4n) is 1.72. The SMILES string of the molecule is CC(=O)Nc1cc(C(=O)c2ccccc2)ccc1O. The van der Waals surface area contributed by atoms with Crippen molar-refractivity contribution in [1.82, 2.24) is 0 Å². The molecular formula is C15H13NO3. The van der Waals surface area contributed by atoms with Crippen LogP contribution in [0.5, 0.6) is 5.75 Å². The lowest BCUT2D eigenvalue weighted by molar-refractivity contribution is -0.114. The second-order valence-electron chi connectivity index (χ2n) is 4.11. The zero-order valence-electron chi connectivity index (χ0n) is 10.4. The summed E-state index contributed by atoms with van der Waals surface area (Å²) in [5, 5.41) is 12.1. The molecule has 2 rings (SSSR count). The monoisotopic (exact) mass is 255 g/mol. The van der Waals surface area contributed by atoms with E-state index in [0.29, 0.717) is 11.1 Å². The van der Waals surface area contributed by atoms with Crippen LogP contribution in [0.3, 0.4) is 0 Å². The molecule has 0 heterocycles. The molecule has 0 saturated carbocycles. The minimum absolute atomic E-state index is 0.0696. The van der Waals surface area contributed by atoms with Crippen molar-refractivity contribution in [1.29, 1.82) is 0 Å². The topological polar surface area (TPSA) is 66.4 Å². The number of anilines is 1. The first kappa shape index (κ1) is 12.8. The normalized spacial score (nSPS) is 9.95. The summed E-state index contributed by atoms with van der Waals surface area (Å²) in [6, 6.07) is 13.2. The molecule has 0 aliphatic rings. The van der Waals surface area contributed by atoms with Gasteiger partial charge in [0.25, 0.3) is 0 Å². The largest absolute Gasteiger partial charge is 0.506 e. The first-order valence-electron chi connectivity index (χ1n) is 5.78. The number of ketones is 1. The van der Waals surface area contributed by atoms with Gasteiger partial charge in [0.1, 0.15) is 5.75 Å². The van der Waals surface area contributed by atoms with Crippen molar-refractivity contribution in [3.63, 3.8) is 0 Å². The molecule has 1 amide bonds. The van der Waals surface area contributed by atoms with Gasteiger partial charge >= 0.3 is 0 Å². The van der Waals surface area contributed by atoms with E-state index in [1.165, 1.54) is 25.1 Å². The molecule has 0 aliphatic carbocycles. The van der Waals surface area contributed by atoms with Crippen molar-refractivity contribution in [2.24, 2.45) is 0 Å². The van der Waals surface area contributed by atoms with Gasteiger partial charge in [-0.15, -0.1) is 0 Å². The van der Waals surface area contributed by atoms with Crippen LogP contribution in [0, 0.1) is 0 Å². The lowest BCUT2D eigenvalue weighted by Gasteiger charge is -2.07. The van der Waals surface area contributed by atoms with Crippen molar-refractivity contribution >= 4 is 17.4 Å². The maximum atomic E-state index is 12.2. The molecule has 19 heavy (non-hydrogen) atoms. The maximum absolute atomic E-state index is 12.2. The lowest BCUT2D eigenvalue weighted by Crippen LogP contribution is -2.08. The van der Waals surface area contributed by atoms with Crippen molar-refractivity contribution in [3.8, 4) is 5.75 Å². The molecule has 2 N–H and O–H groups in total. The van der Waals surface area contributed by atoms with Gasteiger partial charge in [-0.1, -0.05) is 30.3 Å². The van der Waals surface area contributed by atoms with Crippen LogP contribution in [-0.4, -0.2) is 16.8 Å². The Morgan fingerprint density at radius 2 is 1.68 bits per heavy atom. The summed E-state index contributed by atoms with van der Waals surface area (Å²) < 4.78 is 0. The van der Waals surface area contributed by atoms with Crippen molar-refractivity contribution in [3.05, 3.63) is 59.7 Å². The molecule has 0 spiro atoms. The number of phenolic OH excluding ortho intramolecular Hbond substituents is 1. The van der Waals surface area contributed by atoms with Gasteiger partial charge in [0, 0.05) is 18.1 Å². The van der Waals surface area contributed by atoms with Gasteiger partial charge in [-0.3, -0.25) is 9.59 Å². The van der Waals surface area contributed by atoms with Gasteiger partial charge in [-0.2, -0.15) is 0 Å². The summed E-state index contributed by atoms with van der Waals surface area (Å²) in [6.45, 7) is 1.34. The van der Waals surface area contributed by atoms with E-state index in [2.05, 4.69) is 5.32 Å². The van der Waals surface area contributed by atoms with Crippen LogP contribution in [0.4, 0.5) is 5.69 Å². The number of amides is 1. The van der Waals surface area contributed by atoms with Gasteiger partial charge in [0.05, 0.1) is 5.69 Å². The molecule has 0 saturated heterocycles. The van der Waals surface area contributed by atoms with Crippen LogP contribution in [0.1, 0.15) is 22.8 Å². The van der Waals surface area contributed by atoms with Gasteiger partial charge in [-0.25, -0.2) is 0 Å². The van der Waals surface area contributed by atoms with Gasteiger partial charge in [-0.05, 0) is 18.2 Å². The Hall–Kier alpha value is -2.62. The predicted molar refractivity (Wildman–Crippen MR) is 72.3 cm³/mol. The molecule has 0 unspecified atom stereocenters. The minimum atomic E-state index is -0.306. The fraction of sp³-hybridized carbons (Fsp3) is 0.0667. The highest BCUT2D eigenvalue weighted by Gasteiger charge is 2.11. The molecular weight excluding hydrogens is 242 g/mol. The standard InChI is InChI=1S/C15H13NO3/c1-10(17)16-13-9-12(7-8-14(13)18)15(19)11-5-3-2-4-6-11/h2-9,18H,1H3,(H,16,17). The van der Waals surface area contributed by atoms with Crippen molar-refractivity contribution in [2.75, 3.05) is 5.32 Å². The second kappa shape index (κ2) is 5.35. The summed E-state index contributed by atoms with van der Waals surface area (Å²) in [5.74, 6) is -0.536. The Kier molecular flexibility index (Phi) is 3.61. The average molecular weight is 255 g/mol. The molecule has 0 aliphatic heterocycles.